The topological polar surface area (TPSA) is 118 Å². The lowest BCUT2D eigenvalue weighted by atomic mass is 10.1. The Morgan fingerprint density at radius 3 is 2.35 bits per heavy atom. The molecule has 0 aliphatic rings. The van der Waals surface area contributed by atoms with Crippen molar-refractivity contribution in [3.63, 3.8) is 0 Å². The standard InChI is InChI=1S/C24H24N4O6/c1-13(23(29)25-18-12-17(32-4)10-11-19(18)33-5)28-24(30)22-20(14(2)34-27-22)21(26-28)15-6-8-16(31-3)9-7-15/h6-13H,1-5H3,(H,25,29). The van der Waals surface area contributed by atoms with Crippen LogP contribution in [-0.4, -0.2) is 42.2 Å². The van der Waals surface area contributed by atoms with Crippen LogP contribution in [0.1, 0.15) is 18.7 Å². The second-order valence-corrected chi connectivity index (χ2v) is 7.52. The number of benzene rings is 2. The van der Waals surface area contributed by atoms with E-state index in [1.807, 2.05) is 12.1 Å². The maximum absolute atomic E-state index is 13.2. The number of amides is 1. The monoisotopic (exact) mass is 464 g/mol. The average Bonchev–Trinajstić information content (AvgIpc) is 3.26. The molecule has 1 unspecified atom stereocenters. The molecule has 0 spiro atoms. The van der Waals surface area contributed by atoms with Crippen LogP contribution in [0.15, 0.2) is 51.8 Å². The van der Waals surface area contributed by atoms with E-state index in [4.69, 9.17) is 18.7 Å². The second kappa shape index (κ2) is 9.26. The molecule has 0 bridgehead atoms. The van der Waals surface area contributed by atoms with Gasteiger partial charge in [0.05, 0.1) is 32.4 Å². The van der Waals surface area contributed by atoms with Gasteiger partial charge < -0.3 is 24.1 Å². The number of carbonyl (C=O) groups is 1. The molecule has 1 amide bonds. The van der Waals surface area contributed by atoms with Crippen LogP contribution in [0, 0.1) is 6.92 Å². The van der Waals surface area contributed by atoms with Crippen LogP contribution >= 0.6 is 0 Å². The molecule has 0 saturated carbocycles. The molecular formula is C24H24N4O6. The van der Waals surface area contributed by atoms with Gasteiger partial charge >= 0.3 is 0 Å². The summed E-state index contributed by atoms with van der Waals surface area (Å²) in [7, 11) is 4.59. The Bertz CT molecular complexity index is 1410. The van der Waals surface area contributed by atoms with Crippen molar-refractivity contribution in [3.05, 3.63) is 58.6 Å². The predicted molar refractivity (Wildman–Crippen MR) is 126 cm³/mol. The van der Waals surface area contributed by atoms with Crippen molar-refractivity contribution in [3.8, 4) is 28.5 Å². The zero-order valence-electron chi connectivity index (χ0n) is 19.4. The first-order valence-corrected chi connectivity index (χ1v) is 10.4. The molecule has 10 nitrogen and oxygen atoms in total. The van der Waals surface area contributed by atoms with Gasteiger partial charge in [-0.2, -0.15) is 5.10 Å². The van der Waals surface area contributed by atoms with Gasteiger partial charge in [0.2, 0.25) is 5.91 Å². The van der Waals surface area contributed by atoms with Crippen LogP contribution in [0.3, 0.4) is 0 Å². The van der Waals surface area contributed by atoms with Crippen LogP contribution in [0.4, 0.5) is 5.69 Å². The molecule has 2 aromatic carbocycles. The van der Waals surface area contributed by atoms with E-state index in [9.17, 15) is 9.59 Å². The van der Waals surface area contributed by atoms with Crippen LogP contribution in [0.5, 0.6) is 17.2 Å². The quantitative estimate of drug-likeness (QED) is 0.441. The number of rotatable bonds is 7. The lowest BCUT2D eigenvalue weighted by Crippen LogP contribution is -2.34. The number of ether oxygens (including phenoxy) is 3. The first-order valence-electron chi connectivity index (χ1n) is 10.4. The van der Waals surface area contributed by atoms with E-state index in [0.717, 1.165) is 4.68 Å². The van der Waals surface area contributed by atoms with Gasteiger partial charge in [-0.15, -0.1) is 0 Å². The highest BCUT2D eigenvalue weighted by molar-refractivity contribution is 5.96. The number of nitrogens with one attached hydrogen (secondary N) is 1. The third-order valence-corrected chi connectivity index (χ3v) is 5.49. The number of aromatic nitrogens is 3. The van der Waals surface area contributed by atoms with Gasteiger partial charge in [-0.05, 0) is 50.2 Å². The summed E-state index contributed by atoms with van der Waals surface area (Å²) in [4.78, 5) is 26.3. The first kappa shape index (κ1) is 22.8. The van der Waals surface area contributed by atoms with E-state index < -0.39 is 17.5 Å². The number of hydrogen-bond acceptors (Lipinski definition) is 8. The highest BCUT2D eigenvalue weighted by Gasteiger charge is 2.25. The van der Waals surface area contributed by atoms with E-state index >= 15 is 0 Å². The second-order valence-electron chi connectivity index (χ2n) is 7.52. The molecule has 4 aromatic rings. The Morgan fingerprint density at radius 2 is 1.71 bits per heavy atom. The molecule has 4 rings (SSSR count). The summed E-state index contributed by atoms with van der Waals surface area (Å²) in [6.45, 7) is 3.28. The first-order chi connectivity index (χ1) is 16.4. The van der Waals surface area contributed by atoms with Crippen LogP contribution < -0.4 is 25.1 Å². The molecule has 10 heteroatoms. The molecule has 0 saturated heterocycles. The Kier molecular flexibility index (Phi) is 6.22. The molecule has 176 valence electrons. The zero-order valence-corrected chi connectivity index (χ0v) is 19.4. The van der Waals surface area contributed by atoms with E-state index in [2.05, 4.69) is 15.6 Å². The molecule has 34 heavy (non-hydrogen) atoms. The van der Waals surface area contributed by atoms with E-state index in [0.29, 0.717) is 45.3 Å². The van der Waals surface area contributed by atoms with Gasteiger partial charge in [0.1, 0.15) is 34.7 Å². The predicted octanol–water partition coefficient (Wildman–Crippen LogP) is 3.59. The number of aryl methyl sites for hydroxylation is 1. The van der Waals surface area contributed by atoms with Gasteiger partial charge in [0.15, 0.2) is 5.52 Å². The van der Waals surface area contributed by atoms with Crippen LogP contribution in [0.25, 0.3) is 22.2 Å². The summed E-state index contributed by atoms with van der Waals surface area (Å²) < 4.78 is 22.2. The van der Waals surface area contributed by atoms with Crippen molar-refractivity contribution < 1.29 is 23.5 Å². The fourth-order valence-corrected chi connectivity index (χ4v) is 3.58. The molecule has 1 atom stereocenters. The van der Waals surface area contributed by atoms with Gasteiger partial charge in [-0.3, -0.25) is 9.59 Å². The van der Waals surface area contributed by atoms with Crippen molar-refractivity contribution in [2.24, 2.45) is 0 Å². The largest absolute Gasteiger partial charge is 0.497 e. The van der Waals surface area contributed by atoms with E-state index in [-0.39, 0.29) is 5.52 Å². The third kappa shape index (κ3) is 4.05. The fraction of sp³-hybridized carbons (Fsp3) is 0.250. The zero-order chi connectivity index (χ0) is 24.4. The minimum Gasteiger partial charge on any atom is -0.497 e. The molecule has 0 aliphatic carbocycles. The summed E-state index contributed by atoms with van der Waals surface area (Å²) >= 11 is 0. The number of fused-ring (bicyclic) bond motifs is 1. The van der Waals surface area contributed by atoms with Crippen molar-refractivity contribution in [2.45, 2.75) is 19.9 Å². The number of methoxy groups -OCH3 is 3. The highest BCUT2D eigenvalue weighted by Crippen LogP contribution is 2.31. The van der Waals surface area contributed by atoms with Crippen LogP contribution in [0.2, 0.25) is 0 Å². The summed E-state index contributed by atoms with van der Waals surface area (Å²) in [5.74, 6) is 1.65. The maximum Gasteiger partial charge on any atom is 0.297 e. The molecular weight excluding hydrogens is 440 g/mol. The van der Waals surface area contributed by atoms with Crippen molar-refractivity contribution in [1.29, 1.82) is 0 Å². The Balaban J connectivity index is 1.77. The number of nitrogens with zero attached hydrogens (tertiary/aromatic N) is 3. The normalized spacial score (nSPS) is 11.8. The highest BCUT2D eigenvalue weighted by atomic mass is 16.5. The summed E-state index contributed by atoms with van der Waals surface area (Å²) in [6, 6.07) is 11.2. The molecule has 2 heterocycles. The van der Waals surface area contributed by atoms with Gasteiger partial charge in [-0.25, -0.2) is 4.68 Å². The van der Waals surface area contributed by atoms with Gasteiger partial charge in [-0.1, -0.05) is 5.16 Å². The Hall–Kier alpha value is -4.34. The maximum atomic E-state index is 13.2. The van der Waals surface area contributed by atoms with E-state index in [1.54, 1.807) is 51.3 Å². The smallest absolute Gasteiger partial charge is 0.297 e. The third-order valence-electron chi connectivity index (χ3n) is 5.49. The SMILES string of the molecule is COc1ccc(-c2nn(C(C)C(=O)Nc3cc(OC)ccc3OC)c(=O)c3noc(C)c23)cc1. The molecule has 0 fully saturated rings. The molecule has 1 N–H and O–H groups in total. The number of hydrogen-bond donors (Lipinski definition) is 1. The van der Waals surface area contributed by atoms with Gasteiger partial charge in [0, 0.05) is 11.6 Å². The number of carbonyl (C=O) groups excluding carboxylic acids is 1. The lowest BCUT2D eigenvalue weighted by Gasteiger charge is -2.17. The average molecular weight is 464 g/mol. The van der Waals surface area contributed by atoms with Crippen molar-refractivity contribution in [2.75, 3.05) is 26.6 Å². The van der Waals surface area contributed by atoms with Crippen LogP contribution in [-0.2, 0) is 4.79 Å². The Labute approximate surface area is 195 Å². The molecule has 2 aromatic heterocycles. The van der Waals surface area contributed by atoms with E-state index in [1.165, 1.54) is 14.2 Å². The number of anilines is 1. The van der Waals surface area contributed by atoms with Crippen molar-refractivity contribution in [1.82, 2.24) is 14.9 Å². The minimum atomic E-state index is -0.971. The van der Waals surface area contributed by atoms with Crippen molar-refractivity contribution >= 4 is 22.5 Å². The summed E-state index contributed by atoms with van der Waals surface area (Å²) in [5, 5.41) is 11.8. The lowest BCUT2D eigenvalue weighted by molar-refractivity contribution is -0.119. The summed E-state index contributed by atoms with van der Waals surface area (Å²) in [5.41, 5.74) is 1.14. The Morgan fingerprint density at radius 1 is 1.03 bits per heavy atom. The fourth-order valence-electron chi connectivity index (χ4n) is 3.58. The summed E-state index contributed by atoms with van der Waals surface area (Å²) in [6.07, 6.45) is 0. The molecule has 0 aliphatic heterocycles. The molecule has 0 radical (unpaired) electrons. The van der Waals surface area contributed by atoms with Gasteiger partial charge in [0.25, 0.3) is 5.56 Å². The minimum absolute atomic E-state index is 0.0944.